The van der Waals surface area contributed by atoms with Crippen molar-refractivity contribution in [3.8, 4) is 0 Å². The number of carboxylic acid groups (broad SMARTS) is 1. The summed E-state index contributed by atoms with van der Waals surface area (Å²) in [5.74, 6) is -13.4. The molecule has 39 heteroatoms. The van der Waals surface area contributed by atoms with Crippen LogP contribution in [0.2, 0.25) is 0 Å². The molecule has 1 aliphatic rings. The molecular weight excluding hydrogens is 1390 g/mol. The predicted molar refractivity (Wildman–Crippen MR) is 391 cm³/mol. The lowest BCUT2D eigenvalue weighted by atomic mass is 9.98. The van der Waals surface area contributed by atoms with Gasteiger partial charge in [-0.05, 0) is 113 Å². The van der Waals surface area contributed by atoms with Crippen molar-refractivity contribution in [3.05, 3.63) is 36.4 Å². The van der Waals surface area contributed by atoms with Gasteiger partial charge in [-0.2, -0.15) is 0 Å². The van der Waals surface area contributed by atoms with Crippen LogP contribution in [-0.4, -0.2) is 217 Å². The maximum Gasteiger partial charge on any atom is 0.326 e. The van der Waals surface area contributed by atoms with E-state index in [2.05, 4.69) is 89.5 Å². The van der Waals surface area contributed by atoms with Gasteiger partial charge in [0.05, 0.1) is 19.1 Å². The smallest absolute Gasteiger partial charge is 0.326 e. The topological polar surface area (TPSA) is 648 Å². The molecule has 12 atom stereocenters. The quantitative estimate of drug-likeness (QED) is 0.0217. The summed E-state index contributed by atoms with van der Waals surface area (Å²) in [6.07, 6.45) is 3.79. The lowest BCUT2D eigenvalue weighted by Crippen LogP contribution is -2.69. The molecule has 0 unspecified atom stereocenters. The summed E-state index contributed by atoms with van der Waals surface area (Å²) in [6.45, 7) is 18.6. The molecule has 1 saturated heterocycles. The van der Waals surface area contributed by atoms with E-state index in [0.29, 0.717) is 37.2 Å². The molecule has 2 aromatic rings. The summed E-state index contributed by atoms with van der Waals surface area (Å²) in [5.41, 5.74) is 38.1. The molecule has 0 spiro atoms. The third kappa shape index (κ3) is 34.9. The molecule has 0 aliphatic carbocycles. The first-order chi connectivity index (χ1) is 50.2. The van der Waals surface area contributed by atoms with E-state index >= 15 is 0 Å². The molecule has 39 nitrogen and oxygen atoms in total. The number of hydrogen-bond acceptors (Lipinski definition) is 22. The van der Waals surface area contributed by atoms with Crippen LogP contribution in [0.15, 0.2) is 25.0 Å². The molecule has 13 amide bonds. The summed E-state index contributed by atoms with van der Waals surface area (Å²) >= 11 is 0. The fraction of sp³-hybridized carbons (Fsp3) is 0.706. The van der Waals surface area contributed by atoms with Crippen LogP contribution in [0.5, 0.6) is 0 Å². The van der Waals surface area contributed by atoms with E-state index in [0.717, 1.165) is 0 Å². The number of nitrogens with two attached hydrogens (primary N) is 6. The first kappa shape index (κ1) is 91.9. The third-order valence-electron chi connectivity index (χ3n) is 17.2. The summed E-state index contributed by atoms with van der Waals surface area (Å²) in [6, 6.07) is -15.9. The predicted octanol–water partition coefficient (Wildman–Crippen LogP) is -6.03. The van der Waals surface area contributed by atoms with E-state index in [1.54, 1.807) is 41.5 Å². The van der Waals surface area contributed by atoms with E-state index in [4.69, 9.17) is 34.4 Å². The number of carboxylic acids is 1. The van der Waals surface area contributed by atoms with E-state index in [9.17, 15) is 72.2 Å². The molecule has 3 heterocycles. The van der Waals surface area contributed by atoms with E-state index in [1.807, 2.05) is 27.7 Å². The first-order valence-electron chi connectivity index (χ1n) is 36.6. The zero-order chi connectivity index (χ0) is 80.4. The van der Waals surface area contributed by atoms with Crippen molar-refractivity contribution in [1.82, 2.24) is 88.6 Å². The minimum atomic E-state index is -1.80. The monoisotopic (exact) mass is 1510 g/mol. The largest absolute Gasteiger partial charge is 0.480 e. The zero-order valence-corrected chi connectivity index (χ0v) is 63.4. The van der Waals surface area contributed by atoms with Gasteiger partial charge in [0.15, 0.2) is 6.04 Å². The first-order valence-corrected chi connectivity index (χ1v) is 36.6. The third-order valence-corrected chi connectivity index (χ3v) is 17.2. The van der Waals surface area contributed by atoms with Gasteiger partial charge in [0.2, 0.25) is 70.9 Å². The number of aromatic nitrogens is 4. The van der Waals surface area contributed by atoms with Crippen molar-refractivity contribution in [2.75, 3.05) is 19.6 Å². The fourth-order valence-corrected chi connectivity index (χ4v) is 11.9. The minimum Gasteiger partial charge on any atom is -0.480 e. The SMILES string of the molecule is CC(C)C[C@H](NC(=O)[C@H](CC(C)C)NC(=O)[C@H](Cc1cnc[nH]1)NC(=O)[C@H](CCCNC(N)N)NC(=O)[C@H](CC(C)C)NC(=O)[C@H](CC(C)C)NC(=O)[C@H](CC(C)C)NC(=O)[C@@H]1CCCN1C(=O)[C@H](Cc1cnc[nH]1)NC(=O)[C@@H]([NH3+])CCCNC(N)N)C(=O)N[C@@H](CCC(N)=O)C(=O)N[C@@H](CC(N)=O)C(=O)O. The highest BCUT2D eigenvalue weighted by molar-refractivity contribution is 6.00. The Labute approximate surface area is 624 Å². The molecule has 2 aromatic heterocycles. The number of hydrogen-bond donors (Lipinski definition) is 22. The average molecular weight is 1510 g/mol. The van der Waals surface area contributed by atoms with Crippen LogP contribution in [0.25, 0.3) is 0 Å². The Balaban J connectivity index is 1.95. The summed E-state index contributed by atoms with van der Waals surface area (Å²) < 4.78 is 0. The highest BCUT2D eigenvalue weighted by atomic mass is 16.4. The van der Waals surface area contributed by atoms with Crippen molar-refractivity contribution in [3.63, 3.8) is 0 Å². The number of nitrogens with one attached hydrogen (secondary N) is 14. The molecule has 602 valence electrons. The number of aliphatic carboxylic acids is 1. The Bertz CT molecular complexity index is 3210. The highest BCUT2D eigenvalue weighted by Gasteiger charge is 2.42. The number of nitrogens with zero attached hydrogens (tertiary/aromatic N) is 3. The van der Waals surface area contributed by atoms with E-state index < -0.39 is 187 Å². The van der Waals surface area contributed by atoms with Crippen molar-refractivity contribution in [2.45, 2.75) is 257 Å². The summed E-state index contributed by atoms with van der Waals surface area (Å²) in [4.78, 5) is 209. The molecule has 1 aliphatic heterocycles. The van der Waals surface area contributed by atoms with E-state index in [1.165, 1.54) is 29.9 Å². The van der Waals surface area contributed by atoms with Crippen molar-refractivity contribution >= 4 is 82.8 Å². The Kier molecular flexibility index (Phi) is 40.1. The van der Waals surface area contributed by atoms with Crippen LogP contribution in [-0.2, 0) is 80.0 Å². The maximum absolute atomic E-state index is 14.9. The number of primary amides is 2. The second kappa shape index (κ2) is 46.7. The van der Waals surface area contributed by atoms with E-state index in [-0.39, 0.29) is 107 Å². The minimum absolute atomic E-state index is 0.0144. The molecule has 0 bridgehead atoms. The van der Waals surface area contributed by atoms with Crippen LogP contribution in [0.1, 0.15) is 171 Å². The average Bonchev–Trinajstić information content (AvgIpc) is 1.72. The van der Waals surface area contributed by atoms with Gasteiger partial charge in [-0.3, -0.25) is 73.0 Å². The van der Waals surface area contributed by atoms with Crippen LogP contribution < -0.4 is 104 Å². The molecule has 0 radical (unpaired) electrons. The number of amides is 13. The van der Waals surface area contributed by atoms with Crippen LogP contribution in [0.4, 0.5) is 0 Å². The second-order valence-electron chi connectivity index (χ2n) is 29.5. The fourth-order valence-electron chi connectivity index (χ4n) is 11.9. The van der Waals surface area contributed by atoms with Crippen LogP contribution in [0, 0.1) is 29.6 Å². The van der Waals surface area contributed by atoms with Gasteiger partial charge in [0.25, 0.3) is 5.91 Å². The van der Waals surface area contributed by atoms with Crippen LogP contribution in [0.3, 0.4) is 0 Å². The summed E-state index contributed by atoms with van der Waals surface area (Å²) in [7, 11) is 0. The number of imidazole rings is 2. The Morgan fingerprint density at radius 3 is 1.19 bits per heavy atom. The second-order valence-corrected chi connectivity index (χ2v) is 29.5. The van der Waals surface area contributed by atoms with Crippen molar-refractivity contribution < 1.29 is 78.0 Å². The highest BCUT2D eigenvalue weighted by Crippen LogP contribution is 2.22. The van der Waals surface area contributed by atoms with Crippen molar-refractivity contribution in [1.29, 1.82) is 0 Å². The molecular formula is C68H121N24O15+. The van der Waals surface area contributed by atoms with Gasteiger partial charge in [-0.25, -0.2) is 14.8 Å². The normalized spacial score (nSPS) is 16.1. The number of carbonyl (C=O) groups excluding carboxylic acids is 13. The Hall–Kier alpha value is -9.28. The number of quaternary nitrogens is 1. The van der Waals surface area contributed by atoms with Crippen LogP contribution >= 0.6 is 0 Å². The van der Waals surface area contributed by atoms with Gasteiger partial charge in [-0.1, -0.05) is 69.2 Å². The Morgan fingerprint density at radius 1 is 0.467 bits per heavy atom. The molecule has 107 heavy (non-hydrogen) atoms. The van der Waals surface area contributed by atoms with Gasteiger partial charge >= 0.3 is 5.97 Å². The lowest BCUT2D eigenvalue weighted by Gasteiger charge is -2.31. The zero-order valence-electron chi connectivity index (χ0n) is 63.4. The number of carbonyl (C=O) groups is 14. The van der Waals surface area contributed by atoms with Gasteiger partial charge < -0.3 is 113 Å². The number of rotatable bonds is 51. The molecule has 1 fully saturated rings. The van der Waals surface area contributed by atoms with Gasteiger partial charge in [-0.15, -0.1) is 0 Å². The lowest BCUT2D eigenvalue weighted by molar-refractivity contribution is -0.405. The number of aromatic amines is 2. The Morgan fingerprint density at radius 2 is 0.813 bits per heavy atom. The number of likely N-dealkylation sites (tertiary alicyclic amines) is 1. The number of H-pyrrole nitrogens is 2. The molecule has 0 saturated carbocycles. The standard InChI is InChI=1S/C68H120N24O15/c1-34(2)22-44(84-60(100)46(24-36(5)6)86-62(102)48(26-38(9)10)89-64(104)52-16-13-21-92(52)65(105)50(28-40-31-77-33-81-40)90-55(95)41(69)14-11-19-78-67(72)73)58(98)82-42(15-12-20-79-68(74)75)56(96)88-49(27-39-30-76-32-80-39)63(103)87-47(25-37(7)8)61(101)85-45(23-35(3)4)59(99)83-43(17-18-53(70)93)57(97)91-51(66(106)107)29-54(71)94/h30-38,41-52,67-68,78-79H,11-29,69,72-75H2,1-10H3,(H2,70,93)(H2,71,94)(H,76,80)(H,77,81)(H,82,98)(H,83,99)(H,84,100)(H,85,101)(H,86,102)(H,87,103)(H,88,96)(H,89,104)(H,90,95)(H,91,97)(H,106,107)/p+1/t41-,42-,43-,44-,45-,46-,47-,48-,49-,50-,51-,52-/m0/s1. The van der Waals surface area contributed by atoms with Gasteiger partial charge in [0, 0.05) is 56.0 Å². The van der Waals surface area contributed by atoms with Crippen molar-refractivity contribution in [2.24, 2.45) is 64.0 Å². The summed E-state index contributed by atoms with van der Waals surface area (Å²) in [5, 5.41) is 42.1. The maximum atomic E-state index is 14.9. The molecule has 3 rings (SSSR count). The van der Waals surface area contributed by atoms with Gasteiger partial charge in [0.1, 0.15) is 79.0 Å². The molecule has 30 N–H and O–H groups in total. The molecule has 0 aromatic carbocycles.